The molecular weight excluding hydrogens is 346 g/mol. The largest absolute Gasteiger partial charge is 0.390 e. The van der Waals surface area contributed by atoms with Crippen molar-refractivity contribution in [1.82, 2.24) is 9.79 Å². The summed E-state index contributed by atoms with van der Waals surface area (Å²) < 4.78 is 31.0. The summed E-state index contributed by atoms with van der Waals surface area (Å²) >= 11 is 0. The van der Waals surface area contributed by atoms with Gasteiger partial charge in [0.2, 0.25) is 10.0 Å². The lowest BCUT2D eigenvalue weighted by Gasteiger charge is -2.32. The minimum atomic E-state index is -3.38. The number of amidine groups is 1. The summed E-state index contributed by atoms with van der Waals surface area (Å²) in [4.78, 5) is 0. The average Bonchev–Trinajstić information content (AvgIpc) is 2.88. The lowest BCUT2D eigenvalue weighted by atomic mass is 9.84. The Morgan fingerprint density at radius 3 is 2.68 bits per heavy atom. The molecule has 0 radical (unpaired) electrons. The molecule has 140 valence electrons. The normalized spacial score (nSPS) is 26.6. The number of rotatable bonds is 7. The third-order valence-electron chi connectivity index (χ3n) is 4.39. The second-order valence-electron chi connectivity index (χ2n) is 6.47. The summed E-state index contributed by atoms with van der Waals surface area (Å²) in [5.41, 5.74) is -0.285. The van der Waals surface area contributed by atoms with Crippen molar-refractivity contribution in [1.29, 1.82) is 5.41 Å². The molecule has 2 rings (SSSR count). The first-order chi connectivity index (χ1) is 11.7. The SMILES string of the molecule is CCS(=O)(=O)NC[C@H]1OC[C@@](C)(CN(O)C(=N)c2ccccc2)[C@@H]1O. The van der Waals surface area contributed by atoms with Crippen LogP contribution in [-0.2, 0) is 14.8 Å². The Morgan fingerprint density at radius 1 is 1.44 bits per heavy atom. The van der Waals surface area contributed by atoms with Crippen LogP contribution >= 0.6 is 0 Å². The highest BCUT2D eigenvalue weighted by Gasteiger charge is 2.47. The van der Waals surface area contributed by atoms with Gasteiger partial charge in [-0.3, -0.25) is 10.6 Å². The van der Waals surface area contributed by atoms with Crippen LogP contribution in [0.4, 0.5) is 0 Å². The van der Waals surface area contributed by atoms with Gasteiger partial charge in [-0.25, -0.2) is 18.2 Å². The summed E-state index contributed by atoms with van der Waals surface area (Å²) in [6.45, 7) is 3.35. The zero-order chi connectivity index (χ0) is 18.7. The molecule has 0 bridgehead atoms. The molecule has 4 N–H and O–H groups in total. The molecule has 1 fully saturated rings. The Bertz CT molecular complexity index is 697. The van der Waals surface area contributed by atoms with Crippen molar-refractivity contribution < 1.29 is 23.5 Å². The third kappa shape index (κ3) is 4.77. The van der Waals surface area contributed by atoms with Crippen molar-refractivity contribution in [3.8, 4) is 0 Å². The topological polar surface area (TPSA) is 123 Å². The van der Waals surface area contributed by atoms with E-state index in [0.29, 0.717) is 5.56 Å². The minimum Gasteiger partial charge on any atom is -0.390 e. The lowest BCUT2D eigenvalue weighted by Crippen LogP contribution is -2.47. The molecule has 3 atom stereocenters. The van der Waals surface area contributed by atoms with E-state index >= 15 is 0 Å². The standard InChI is InChI=1S/C16H25N3O5S/c1-3-25(22,23)18-9-13-14(20)16(2,11-24-13)10-19(21)15(17)12-7-5-4-6-8-12/h4-8,13-14,17-18,20-21H,3,9-11H2,1-2H3/t13-,14-,16-/m1/s1. The fourth-order valence-corrected chi connectivity index (χ4v) is 3.33. The van der Waals surface area contributed by atoms with Gasteiger partial charge in [0.1, 0.15) is 0 Å². The maximum atomic E-state index is 11.5. The van der Waals surface area contributed by atoms with E-state index in [1.165, 1.54) is 6.92 Å². The van der Waals surface area contributed by atoms with E-state index in [-0.39, 0.29) is 31.3 Å². The van der Waals surface area contributed by atoms with Crippen molar-refractivity contribution in [2.24, 2.45) is 5.41 Å². The monoisotopic (exact) mass is 371 g/mol. The quantitative estimate of drug-likeness (QED) is 0.313. The van der Waals surface area contributed by atoms with Gasteiger partial charge in [0.15, 0.2) is 5.84 Å². The van der Waals surface area contributed by atoms with E-state index < -0.39 is 27.6 Å². The zero-order valence-electron chi connectivity index (χ0n) is 14.3. The molecule has 0 aliphatic carbocycles. The van der Waals surface area contributed by atoms with Gasteiger partial charge in [-0.15, -0.1) is 0 Å². The van der Waals surface area contributed by atoms with Crippen LogP contribution < -0.4 is 4.72 Å². The van der Waals surface area contributed by atoms with Crippen LogP contribution in [0.2, 0.25) is 0 Å². The number of sulfonamides is 1. The van der Waals surface area contributed by atoms with Gasteiger partial charge in [0, 0.05) is 17.5 Å². The number of nitrogens with one attached hydrogen (secondary N) is 2. The van der Waals surface area contributed by atoms with Gasteiger partial charge in [-0.1, -0.05) is 37.3 Å². The molecule has 1 saturated heterocycles. The Kier molecular flexibility index (Phi) is 6.17. The van der Waals surface area contributed by atoms with Gasteiger partial charge in [-0.05, 0) is 6.92 Å². The van der Waals surface area contributed by atoms with Crippen LogP contribution in [0.25, 0.3) is 0 Å². The van der Waals surface area contributed by atoms with Crippen molar-refractivity contribution in [3.05, 3.63) is 35.9 Å². The molecule has 25 heavy (non-hydrogen) atoms. The number of nitrogens with zero attached hydrogens (tertiary/aromatic N) is 1. The van der Waals surface area contributed by atoms with Gasteiger partial charge >= 0.3 is 0 Å². The first kappa shape index (κ1) is 19.8. The lowest BCUT2D eigenvalue weighted by molar-refractivity contribution is -0.0670. The molecular formula is C16H25N3O5S. The molecule has 0 amide bonds. The molecule has 1 aliphatic heterocycles. The Hall–Kier alpha value is -1.52. The van der Waals surface area contributed by atoms with E-state index in [0.717, 1.165) is 5.06 Å². The Labute approximate surface area is 147 Å². The highest BCUT2D eigenvalue weighted by atomic mass is 32.2. The first-order valence-electron chi connectivity index (χ1n) is 8.06. The number of benzene rings is 1. The van der Waals surface area contributed by atoms with E-state index in [9.17, 15) is 18.7 Å². The number of aliphatic hydroxyl groups excluding tert-OH is 1. The first-order valence-corrected chi connectivity index (χ1v) is 9.71. The van der Waals surface area contributed by atoms with Crippen molar-refractivity contribution in [2.45, 2.75) is 26.1 Å². The average molecular weight is 371 g/mol. The fraction of sp³-hybridized carbons (Fsp3) is 0.562. The van der Waals surface area contributed by atoms with Crippen LogP contribution in [0.3, 0.4) is 0 Å². The Morgan fingerprint density at radius 2 is 2.08 bits per heavy atom. The van der Waals surface area contributed by atoms with E-state index in [1.54, 1.807) is 31.2 Å². The summed E-state index contributed by atoms with van der Waals surface area (Å²) in [5, 5.41) is 29.6. The highest BCUT2D eigenvalue weighted by molar-refractivity contribution is 7.89. The minimum absolute atomic E-state index is 0.0150. The molecule has 0 unspecified atom stereocenters. The van der Waals surface area contributed by atoms with Crippen LogP contribution in [-0.4, -0.2) is 67.3 Å². The molecule has 1 aromatic carbocycles. The van der Waals surface area contributed by atoms with Crippen LogP contribution in [0.15, 0.2) is 30.3 Å². The molecule has 1 aromatic rings. The van der Waals surface area contributed by atoms with Crippen molar-refractivity contribution in [2.75, 3.05) is 25.4 Å². The molecule has 8 nitrogen and oxygen atoms in total. The zero-order valence-corrected chi connectivity index (χ0v) is 15.2. The summed E-state index contributed by atoms with van der Waals surface area (Å²) in [6, 6.07) is 8.76. The summed E-state index contributed by atoms with van der Waals surface area (Å²) in [6.07, 6.45) is -1.68. The van der Waals surface area contributed by atoms with Crippen molar-refractivity contribution >= 4 is 15.9 Å². The van der Waals surface area contributed by atoms with E-state index in [4.69, 9.17) is 10.1 Å². The fourth-order valence-electron chi connectivity index (χ4n) is 2.71. The maximum absolute atomic E-state index is 11.5. The Balaban J connectivity index is 1.98. The predicted octanol–water partition coefficient (Wildman–Crippen LogP) is 0.408. The number of hydrogen-bond acceptors (Lipinski definition) is 6. The number of hydroxylamine groups is 2. The molecule has 0 saturated carbocycles. The van der Waals surface area contributed by atoms with Crippen LogP contribution in [0.1, 0.15) is 19.4 Å². The molecule has 9 heteroatoms. The van der Waals surface area contributed by atoms with Crippen molar-refractivity contribution in [3.63, 3.8) is 0 Å². The van der Waals surface area contributed by atoms with E-state index in [1.807, 2.05) is 6.07 Å². The molecule has 1 heterocycles. The number of ether oxygens (including phenoxy) is 1. The second kappa shape index (κ2) is 7.79. The summed E-state index contributed by atoms with van der Waals surface area (Å²) in [5.74, 6) is -0.129. The van der Waals surface area contributed by atoms with Gasteiger partial charge < -0.3 is 9.84 Å². The number of aliphatic hydroxyl groups is 1. The van der Waals surface area contributed by atoms with Gasteiger partial charge in [0.05, 0.1) is 31.1 Å². The summed E-state index contributed by atoms with van der Waals surface area (Å²) in [7, 11) is -3.38. The highest BCUT2D eigenvalue weighted by Crippen LogP contribution is 2.33. The van der Waals surface area contributed by atoms with Gasteiger partial charge in [0.25, 0.3) is 0 Å². The second-order valence-corrected chi connectivity index (χ2v) is 8.57. The number of hydrogen-bond donors (Lipinski definition) is 4. The third-order valence-corrected chi connectivity index (χ3v) is 5.76. The molecule has 0 spiro atoms. The molecule has 0 aromatic heterocycles. The van der Waals surface area contributed by atoms with Crippen LogP contribution in [0, 0.1) is 10.8 Å². The predicted molar refractivity (Wildman–Crippen MR) is 93.1 cm³/mol. The maximum Gasteiger partial charge on any atom is 0.211 e. The van der Waals surface area contributed by atoms with Gasteiger partial charge in [-0.2, -0.15) is 0 Å². The molecule has 1 aliphatic rings. The van der Waals surface area contributed by atoms with Crippen LogP contribution in [0.5, 0.6) is 0 Å². The smallest absolute Gasteiger partial charge is 0.211 e. The van der Waals surface area contributed by atoms with E-state index in [2.05, 4.69) is 4.72 Å².